The fourth-order valence-corrected chi connectivity index (χ4v) is 4.26. The molecule has 0 bridgehead atoms. The molecule has 1 saturated carbocycles. The van der Waals surface area contributed by atoms with Crippen molar-refractivity contribution < 1.29 is 9.53 Å². The van der Waals surface area contributed by atoms with Crippen LogP contribution in [0.2, 0.25) is 0 Å². The Balaban J connectivity index is 1.42. The predicted octanol–water partition coefficient (Wildman–Crippen LogP) is 1.60. The van der Waals surface area contributed by atoms with Crippen molar-refractivity contribution >= 4 is 11.6 Å². The van der Waals surface area contributed by atoms with Crippen LogP contribution in [0, 0.1) is 11.8 Å². The molecule has 1 aliphatic carbocycles. The average molecular weight is 311 g/mol. The fourth-order valence-electron chi connectivity index (χ4n) is 4.26. The summed E-state index contributed by atoms with van der Waals surface area (Å²) in [6, 6.07) is 6.42. The highest BCUT2D eigenvalue weighted by Crippen LogP contribution is 2.44. The lowest BCUT2D eigenvalue weighted by Crippen LogP contribution is -2.48. The number of nitrogens with one attached hydrogen (secondary N) is 2. The first kappa shape index (κ1) is 13.5. The Kier molecular flexibility index (Phi) is 2.83. The number of aryl methyl sites for hydroxylation is 1. The maximum Gasteiger partial charge on any atom is 0.243 e. The first-order chi connectivity index (χ1) is 11.2. The van der Waals surface area contributed by atoms with Crippen molar-refractivity contribution in [1.29, 1.82) is 0 Å². The molecule has 3 aliphatic heterocycles. The molecule has 1 aromatic carbocycles. The summed E-state index contributed by atoms with van der Waals surface area (Å²) in [5.74, 6) is 1.58. The van der Waals surface area contributed by atoms with Crippen LogP contribution in [-0.4, -0.2) is 30.3 Å². The zero-order valence-corrected chi connectivity index (χ0v) is 13.1. The SMILES string of the molecule is O=C1NN=C(c2ccc3c(c2)CCC2(CCNCC2)O3)C2CC12. The van der Waals surface area contributed by atoms with Gasteiger partial charge in [0.2, 0.25) is 5.91 Å². The van der Waals surface area contributed by atoms with Gasteiger partial charge >= 0.3 is 0 Å². The van der Waals surface area contributed by atoms with Crippen molar-refractivity contribution in [3.8, 4) is 5.75 Å². The van der Waals surface area contributed by atoms with Crippen LogP contribution >= 0.6 is 0 Å². The van der Waals surface area contributed by atoms with E-state index < -0.39 is 0 Å². The molecule has 1 amide bonds. The molecular formula is C18H21N3O2. The lowest BCUT2D eigenvalue weighted by molar-refractivity contribution is -0.122. The molecule has 23 heavy (non-hydrogen) atoms. The Morgan fingerprint density at radius 1 is 1.17 bits per heavy atom. The summed E-state index contributed by atoms with van der Waals surface area (Å²) >= 11 is 0. The van der Waals surface area contributed by atoms with E-state index in [1.165, 1.54) is 5.56 Å². The molecule has 5 nitrogen and oxygen atoms in total. The monoisotopic (exact) mass is 311 g/mol. The molecule has 0 radical (unpaired) electrons. The van der Waals surface area contributed by atoms with Crippen LogP contribution in [0.25, 0.3) is 0 Å². The van der Waals surface area contributed by atoms with Crippen LogP contribution in [-0.2, 0) is 11.2 Å². The van der Waals surface area contributed by atoms with Crippen LogP contribution in [0.15, 0.2) is 23.3 Å². The largest absolute Gasteiger partial charge is 0.487 e. The van der Waals surface area contributed by atoms with Gasteiger partial charge < -0.3 is 10.1 Å². The van der Waals surface area contributed by atoms with E-state index in [0.29, 0.717) is 5.92 Å². The maximum absolute atomic E-state index is 11.6. The molecule has 5 rings (SSSR count). The van der Waals surface area contributed by atoms with Gasteiger partial charge in [-0.25, -0.2) is 5.43 Å². The summed E-state index contributed by atoms with van der Waals surface area (Å²) in [6.45, 7) is 2.10. The van der Waals surface area contributed by atoms with Crippen molar-refractivity contribution in [3.63, 3.8) is 0 Å². The van der Waals surface area contributed by atoms with Gasteiger partial charge in [-0.2, -0.15) is 5.10 Å². The van der Waals surface area contributed by atoms with Gasteiger partial charge in [-0.3, -0.25) is 4.79 Å². The Hall–Kier alpha value is -1.88. The second-order valence-electron chi connectivity index (χ2n) is 7.28. The number of piperidine rings is 1. The molecule has 120 valence electrons. The number of ether oxygens (including phenoxy) is 1. The van der Waals surface area contributed by atoms with E-state index in [1.54, 1.807) is 0 Å². The number of hydrazone groups is 1. The van der Waals surface area contributed by atoms with E-state index in [-0.39, 0.29) is 17.4 Å². The van der Waals surface area contributed by atoms with E-state index in [9.17, 15) is 4.79 Å². The second kappa shape index (κ2) is 4.81. The highest BCUT2D eigenvalue weighted by atomic mass is 16.5. The number of benzene rings is 1. The van der Waals surface area contributed by atoms with Crippen molar-refractivity contribution in [2.75, 3.05) is 13.1 Å². The minimum atomic E-state index is 0.0394. The highest BCUT2D eigenvalue weighted by Gasteiger charge is 2.49. The Labute approximate surface area is 135 Å². The van der Waals surface area contributed by atoms with Crippen LogP contribution in [0.5, 0.6) is 5.75 Å². The Morgan fingerprint density at radius 3 is 2.91 bits per heavy atom. The van der Waals surface area contributed by atoms with E-state index in [2.05, 4.69) is 34.0 Å². The first-order valence-corrected chi connectivity index (χ1v) is 8.65. The van der Waals surface area contributed by atoms with Crippen molar-refractivity contribution in [1.82, 2.24) is 10.7 Å². The molecule has 2 unspecified atom stereocenters. The molecule has 0 aromatic heterocycles. The first-order valence-electron chi connectivity index (χ1n) is 8.65. The van der Waals surface area contributed by atoms with Crippen molar-refractivity contribution in [3.05, 3.63) is 29.3 Å². The number of hydrogen-bond acceptors (Lipinski definition) is 4. The van der Waals surface area contributed by atoms with Crippen LogP contribution in [0.4, 0.5) is 0 Å². The third-order valence-corrected chi connectivity index (χ3v) is 5.81. The van der Waals surface area contributed by atoms with Gasteiger partial charge in [0.25, 0.3) is 0 Å². The summed E-state index contributed by atoms with van der Waals surface area (Å²) in [7, 11) is 0. The number of amides is 1. The molecule has 3 heterocycles. The quantitative estimate of drug-likeness (QED) is 0.828. The van der Waals surface area contributed by atoms with Crippen LogP contribution in [0.3, 0.4) is 0 Å². The number of nitrogens with zero attached hydrogens (tertiary/aromatic N) is 1. The lowest BCUT2D eigenvalue weighted by Gasteiger charge is -2.41. The van der Waals surface area contributed by atoms with Gasteiger partial charge in [-0.05, 0) is 74.5 Å². The molecule has 1 saturated heterocycles. The van der Waals surface area contributed by atoms with E-state index in [1.807, 2.05) is 0 Å². The summed E-state index contributed by atoms with van der Waals surface area (Å²) < 4.78 is 6.41. The minimum absolute atomic E-state index is 0.0394. The van der Waals surface area contributed by atoms with Gasteiger partial charge in [-0.1, -0.05) is 0 Å². The molecule has 2 atom stereocenters. The van der Waals surface area contributed by atoms with Gasteiger partial charge in [0.15, 0.2) is 0 Å². The van der Waals surface area contributed by atoms with E-state index in [0.717, 1.165) is 62.2 Å². The number of hydrogen-bond donors (Lipinski definition) is 2. The molecule has 2 fully saturated rings. The molecular weight excluding hydrogens is 290 g/mol. The Bertz CT molecular complexity index is 706. The smallest absolute Gasteiger partial charge is 0.243 e. The van der Waals surface area contributed by atoms with E-state index in [4.69, 9.17) is 4.74 Å². The third kappa shape index (κ3) is 2.17. The second-order valence-corrected chi connectivity index (χ2v) is 7.28. The van der Waals surface area contributed by atoms with E-state index >= 15 is 0 Å². The van der Waals surface area contributed by atoms with Gasteiger partial charge in [0, 0.05) is 11.8 Å². The number of fused-ring (bicyclic) bond motifs is 2. The highest BCUT2D eigenvalue weighted by molar-refractivity contribution is 6.09. The number of carbonyl (C=O) groups is 1. The number of rotatable bonds is 1. The normalized spacial score (nSPS) is 30.6. The third-order valence-electron chi connectivity index (χ3n) is 5.81. The van der Waals surface area contributed by atoms with Crippen LogP contribution < -0.4 is 15.5 Å². The maximum atomic E-state index is 11.6. The molecule has 4 aliphatic rings. The van der Waals surface area contributed by atoms with Gasteiger partial charge in [0.1, 0.15) is 11.4 Å². The van der Waals surface area contributed by atoms with Crippen molar-refractivity contribution in [2.45, 2.75) is 37.7 Å². The zero-order chi connectivity index (χ0) is 15.4. The van der Waals surface area contributed by atoms with Crippen molar-refractivity contribution in [2.24, 2.45) is 16.9 Å². The summed E-state index contributed by atoms with van der Waals surface area (Å²) in [4.78, 5) is 11.6. The zero-order valence-electron chi connectivity index (χ0n) is 13.1. The van der Waals surface area contributed by atoms with Gasteiger partial charge in [-0.15, -0.1) is 0 Å². The fraction of sp³-hybridized carbons (Fsp3) is 0.556. The summed E-state index contributed by atoms with van der Waals surface area (Å²) in [6.07, 6.45) is 5.29. The average Bonchev–Trinajstić information content (AvgIpc) is 3.37. The summed E-state index contributed by atoms with van der Waals surface area (Å²) in [5, 5.41) is 7.72. The molecule has 2 N–H and O–H groups in total. The molecule has 5 heteroatoms. The number of carbonyl (C=O) groups excluding carboxylic acids is 1. The predicted molar refractivity (Wildman–Crippen MR) is 86.5 cm³/mol. The topological polar surface area (TPSA) is 62.7 Å². The minimum Gasteiger partial charge on any atom is -0.487 e. The standard InChI is InChI=1S/C18H21N3O2/c22-17-14-10-13(14)16(20-21-17)12-1-2-15-11(9-12)3-4-18(23-15)5-7-19-8-6-18/h1-2,9,13-14,19H,3-8,10H2,(H,21,22). The molecule has 1 spiro atoms. The van der Waals surface area contributed by atoms with Crippen LogP contribution in [0.1, 0.15) is 36.8 Å². The molecule has 1 aromatic rings. The Morgan fingerprint density at radius 2 is 2.04 bits per heavy atom. The van der Waals surface area contributed by atoms with Gasteiger partial charge in [0.05, 0.1) is 5.71 Å². The summed E-state index contributed by atoms with van der Waals surface area (Å²) in [5.41, 5.74) is 6.16. The lowest BCUT2D eigenvalue weighted by atomic mass is 9.83.